The van der Waals surface area contributed by atoms with Crippen molar-refractivity contribution >= 4 is 28.2 Å². The topological polar surface area (TPSA) is 95.2 Å². The molecule has 1 atom stereocenters. The quantitative estimate of drug-likeness (QED) is 0.520. The number of aromatic nitrogens is 3. The summed E-state index contributed by atoms with van der Waals surface area (Å²) in [5, 5.41) is 11.0. The lowest BCUT2D eigenvalue weighted by molar-refractivity contribution is 0.0677. The van der Waals surface area contributed by atoms with Crippen LogP contribution in [0.3, 0.4) is 0 Å². The number of furan rings is 1. The molecular weight excluding hydrogens is 407 g/mol. The number of carbonyl (C=O) groups is 1. The Morgan fingerprint density at radius 1 is 1.40 bits per heavy atom. The summed E-state index contributed by atoms with van der Waals surface area (Å²) in [4.78, 5) is 27.2. The first kappa shape index (κ1) is 19.0. The predicted octanol–water partition coefficient (Wildman–Crippen LogP) is 3.77. The van der Waals surface area contributed by atoms with Crippen LogP contribution in [0.2, 0.25) is 0 Å². The van der Waals surface area contributed by atoms with Gasteiger partial charge in [-0.15, -0.1) is 11.3 Å². The van der Waals surface area contributed by atoms with Crippen LogP contribution < -0.4 is 0 Å². The molecule has 7 nitrogen and oxygen atoms in total. The molecule has 154 valence electrons. The second-order valence-electron chi connectivity index (χ2n) is 7.81. The van der Waals surface area contributed by atoms with Crippen molar-refractivity contribution in [1.82, 2.24) is 19.9 Å². The Morgan fingerprint density at radius 2 is 2.23 bits per heavy atom. The Labute approximate surface area is 175 Å². The zero-order chi connectivity index (χ0) is 21.0. The molecule has 5 rings (SSSR count). The number of nitrogens with one attached hydrogen (secondary N) is 1. The zero-order valence-electron chi connectivity index (χ0n) is 16.3. The van der Waals surface area contributed by atoms with Crippen molar-refractivity contribution in [3.8, 4) is 0 Å². The Balaban J connectivity index is 1.59. The van der Waals surface area contributed by atoms with Gasteiger partial charge in [-0.3, -0.25) is 4.79 Å². The van der Waals surface area contributed by atoms with Crippen LogP contribution in [0.1, 0.15) is 51.7 Å². The number of benzene rings is 1. The van der Waals surface area contributed by atoms with E-state index in [2.05, 4.69) is 15.0 Å². The summed E-state index contributed by atoms with van der Waals surface area (Å²) in [6, 6.07) is 5.70. The third-order valence-corrected chi connectivity index (χ3v) is 6.52. The van der Waals surface area contributed by atoms with Gasteiger partial charge in [0, 0.05) is 18.7 Å². The van der Waals surface area contributed by atoms with Crippen molar-refractivity contribution in [3.63, 3.8) is 0 Å². The molecule has 9 heteroatoms. The van der Waals surface area contributed by atoms with E-state index in [0.717, 1.165) is 17.0 Å². The summed E-state index contributed by atoms with van der Waals surface area (Å²) in [5.41, 5.74) is 0.894. The summed E-state index contributed by atoms with van der Waals surface area (Å²) in [6.45, 7) is 3.69. The van der Waals surface area contributed by atoms with E-state index < -0.39 is 11.6 Å². The third-order valence-electron chi connectivity index (χ3n) is 5.22. The van der Waals surface area contributed by atoms with E-state index in [4.69, 9.17) is 4.42 Å². The van der Waals surface area contributed by atoms with Gasteiger partial charge >= 0.3 is 0 Å². The lowest BCUT2D eigenvalue weighted by Gasteiger charge is -2.33. The smallest absolute Gasteiger partial charge is 0.266 e. The fourth-order valence-corrected chi connectivity index (χ4v) is 4.63. The van der Waals surface area contributed by atoms with Crippen LogP contribution in [-0.2, 0) is 12.0 Å². The molecule has 1 amide bonds. The number of fused-ring (bicyclic) bond motifs is 2. The van der Waals surface area contributed by atoms with E-state index >= 15 is 0 Å². The monoisotopic (exact) mass is 426 g/mol. The molecule has 0 unspecified atom stereocenters. The minimum atomic E-state index is -1.13. The number of H-pyrrole nitrogens is 1. The average molecular weight is 426 g/mol. The lowest BCUT2D eigenvalue weighted by atomic mass is 10.00. The number of carbonyl (C=O) groups excluding carboxylic acids is 1. The second-order valence-corrected chi connectivity index (χ2v) is 8.84. The first-order chi connectivity index (χ1) is 14.3. The van der Waals surface area contributed by atoms with Crippen LogP contribution in [-0.4, -0.2) is 37.4 Å². The molecule has 0 spiro atoms. The minimum Gasteiger partial charge on any atom is -0.458 e. The maximum atomic E-state index is 14.2. The van der Waals surface area contributed by atoms with E-state index in [-0.39, 0.29) is 11.7 Å². The van der Waals surface area contributed by atoms with Gasteiger partial charge < -0.3 is 19.4 Å². The summed E-state index contributed by atoms with van der Waals surface area (Å²) < 4.78 is 20.2. The number of imidazole rings is 1. The number of nitrogens with zero attached hydrogens (tertiary/aromatic N) is 3. The van der Waals surface area contributed by atoms with Gasteiger partial charge in [0.2, 0.25) is 0 Å². The Bertz CT molecular complexity index is 1250. The summed E-state index contributed by atoms with van der Waals surface area (Å²) in [6.07, 6.45) is 3.69. The van der Waals surface area contributed by atoms with Gasteiger partial charge in [0.1, 0.15) is 38.7 Å². The highest BCUT2D eigenvalue weighted by Gasteiger charge is 2.38. The first-order valence-corrected chi connectivity index (χ1v) is 10.3. The number of hydrogen-bond donors (Lipinski definition) is 2. The molecule has 0 radical (unpaired) electrons. The number of thiazole rings is 1. The molecule has 0 saturated heterocycles. The third kappa shape index (κ3) is 3.01. The van der Waals surface area contributed by atoms with Gasteiger partial charge in [-0.05, 0) is 32.0 Å². The van der Waals surface area contributed by atoms with E-state index in [1.54, 1.807) is 43.3 Å². The molecule has 30 heavy (non-hydrogen) atoms. The highest BCUT2D eigenvalue weighted by molar-refractivity contribution is 7.13. The summed E-state index contributed by atoms with van der Waals surface area (Å²) in [7, 11) is 0. The number of hydrogen-bond acceptors (Lipinski definition) is 6. The van der Waals surface area contributed by atoms with Gasteiger partial charge in [-0.1, -0.05) is 6.07 Å². The molecule has 1 aliphatic heterocycles. The molecule has 2 N–H and O–H groups in total. The maximum absolute atomic E-state index is 14.2. The molecule has 0 saturated carbocycles. The van der Waals surface area contributed by atoms with Crippen molar-refractivity contribution in [1.29, 1.82) is 0 Å². The van der Waals surface area contributed by atoms with Crippen molar-refractivity contribution in [2.24, 2.45) is 0 Å². The number of aromatic amines is 1. The van der Waals surface area contributed by atoms with Gasteiger partial charge in [-0.25, -0.2) is 14.4 Å². The zero-order valence-corrected chi connectivity index (χ0v) is 17.2. The van der Waals surface area contributed by atoms with Crippen LogP contribution in [0, 0.1) is 5.82 Å². The van der Waals surface area contributed by atoms with Crippen LogP contribution in [0.4, 0.5) is 4.39 Å². The Kier molecular flexibility index (Phi) is 4.26. The minimum absolute atomic E-state index is 0.234. The fourth-order valence-electron chi connectivity index (χ4n) is 3.76. The first-order valence-electron chi connectivity index (χ1n) is 9.52. The second kappa shape index (κ2) is 6.75. The largest absolute Gasteiger partial charge is 0.458 e. The van der Waals surface area contributed by atoms with Crippen LogP contribution in [0.25, 0.3) is 11.0 Å². The number of rotatable bonds is 3. The van der Waals surface area contributed by atoms with Crippen LogP contribution in [0.5, 0.6) is 0 Å². The molecule has 0 fully saturated rings. The molecule has 1 aliphatic rings. The molecular formula is C21H19FN4O3S. The predicted molar refractivity (Wildman–Crippen MR) is 109 cm³/mol. The number of amides is 1. The van der Waals surface area contributed by atoms with E-state index in [9.17, 15) is 14.3 Å². The summed E-state index contributed by atoms with van der Waals surface area (Å²) >= 11 is 1.16. The number of aliphatic hydroxyl groups is 1. The van der Waals surface area contributed by atoms with Gasteiger partial charge in [-0.2, -0.15) is 0 Å². The number of halogens is 1. The van der Waals surface area contributed by atoms with Gasteiger partial charge in [0.25, 0.3) is 5.91 Å². The average Bonchev–Trinajstić information content (AvgIpc) is 3.44. The van der Waals surface area contributed by atoms with E-state index in [0.29, 0.717) is 45.3 Å². The lowest BCUT2D eigenvalue weighted by Crippen LogP contribution is -2.40. The van der Waals surface area contributed by atoms with Crippen molar-refractivity contribution < 1.29 is 18.7 Å². The fraction of sp³-hybridized carbons (Fsp3) is 0.286. The Morgan fingerprint density at radius 3 is 2.97 bits per heavy atom. The normalized spacial score (nSPS) is 16.8. The van der Waals surface area contributed by atoms with Crippen molar-refractivity contribution in [2.75, 3.05) is 6.54 Å². The molecule has 3 aromatic heterocycles. The van der Waals surface area contributed by atoms with Crippen LogP contribution in [0.15, 0.2) is 41.2 Å². The van der Waals surface area contributed by atoms with E-state index in [1.807, 2.05) is 0 Å². The van der Waals surface area contributed by atoms with Crippen molar-refractivity contribution in [3.05, 3.63) is 69.6 Å². The highest BCUT2D eigenvalue weighted by Crippen LogP contribution is 2.38. The molecule has 0 bridgehead atoms. The Hall–Kier alpha value is -3.04. The van der Waals surface area contributed by atoms with Gasteiger partial charge in [0.05, 0.1) is 23.6 Å². The van der Waals surface area contributed by atoms with E-state index in [1.165, 1.54) is 12.3 Å². The van der Waals surface area contributed by atoms with Crippen LogP contribution >= 0.6 is 11.3 Å². The molecule has 1 aromatic carbocycles. The van der Waals surface area contributed by atoms with Gasteiger partial charge in [0.15, 0.2) is 0 Å². The van der Waals surface area contributed by atoms with Crippen molar-refractivity contribution in [2.45, 2.75) is 31.9 Å². The SMILES string of the molecule is CC(C)(O)c1ncc(C(=O)N2CCc3[nH]cnc3[C@H]2c2cc3c(F)cccc3o2)s1. The maximum Gasteiger partial charge on any atom is 0.266 e. The molecule has 4 aromatic rings. The highest BCUT2D eigenvalue weighted by atomic mass is 32.1. The summed E-state index contributed by atoms with van der Waals surface area (Å²) in [5.74, 6) is -0.165. The molecule has 0 aliphatic carbocycles. The molecule has 4 heterocycles. The standard InChI is InChI=1S/C21H19FN4O3S/c1-21(2,28)20-23-9-16(30-20)19(27)26-7-6-13-17(25-10-24-13)18(26)15-8-11-12(22)4-3-5-14(11)29-15/h3-5,8-10,18,28H,6-7H2,1-2H3,(H,24,25)/t18-/m1/s1.